The Morgan fingerprint density at radius 2 is 1.92 bits per heavy atom. The van der Waals surface area contributed by atoms with E-state index in [4.69, 9.17) is 12.6 Å². The van der Waals surface area contributed by atoms with Gasteiger partial charge in [-0.25, -0.2) is 4.98 Å². The van der Waals surface area contributed by atoms with Gasteiger partial charge in [-0.05, 0) is 18.5 Å². The third-order valence-electron chi connectivity index (χ3n) is 3.79. The molecule has 1 aromatic heterocycles. The average Bonchev–Trinajstić information content (AvgIpc) is 2.86. The van der Waals surface area contributed by atoms with E-state index in [1.54, 1.807) is 25.1 Å². The molecular formula is C17H22BF3N2OSi. The van der Waals surface area contributed by atoms with Crippen LogP contribution in [0, 0.1) is 6.92 Å². The number of rotatable bonds is 6. The van der Waals surface area contributed by atoms with Gasteiger partial charge in [0.1, 0.15) is 20.4 Å². The smallest absolute Gasteiger partial charge is 0.361 e. The van der Waals surface area contributed by atoms with Crippen molar-refractivity contribution >= 4 is 21.4 Å². The summed E-state index contributed by atoms with van der Waals surface area (Å²) in [5, 5.41) is 0. The summed E-state index contributed by atoms with van der Waals surface area (Å²) in [7, 11) is 4.47. The molecule has 1 heterocycles. The Labute approximate surface area is 148 Å². The van der Waals surface area contributed by atoms with Crippen LogP contribution >= 0.6 is 0 Å². The van der Waals surface area contributed by atoms with Crippen LogP contribution < -0.4 is 5.46 Å². The Bertz CT molecular complexity index is 738. The van der Waals surface area contributed by atoms with Crippen LogP contribution in [0.15, 0.2) is 24.4 Å². The Balaban J connectivity index is 2.29. The minimum atomic E-state index is -4.50. The molecule has 1 aromatic carbocycles. The quantitative estimate of drug-likeness (QED) is 0.571. The second kappa shape index (κ2) is 7.37. The van der Waals surface area contributed by atoms with Gasteiger partial charge in [0.05, 0.1) is 0 Å². The van der Waals surface area contributed by atoms with Crippen LogP contribution in [0.2, 0.25) is 25.7 Å². The summed E-state index contributed by atoms with van der Waals surface area (Å²) in [4.78, 5) is 3.80. The first-order valence-electron chi connectivity index (χ1n) is 8.06. The molecule has 0 aliphatic heterocycles. The van der Waals surface area contributed by atoms with Gasteiger partial charge in [0, 0.05) is 26.4 Å². The molecule has 0 amide bonds. The molecule has 0 saturated carbocycles. The molecule has 2 rings (SSSR count). The molecule has 0 unspecified atom stereocenters. The number of hydrogen-bond donors (Lipinski definition) is 0. The number of hydrogen-bond acceptors (Lipinski definition) is 2. The SMILES string of the molecule is [B]c1ccc(-c2nc(C(F)(F)F)cn2COCC[Si](C)(C)C)c(C)c1. The summed E-state index contributed by atoms with van der Waals surface area (Å²) in [6.45, 7) is 9.02. The predicted octanol–water partition coefficient (Wildman–Crippen LogP) is 3.98. The molecule has 0 spiro atoms. The average molecular weight is 366 g/mol. The Kier molecular flexibility index (Phi) is 5.83. The molecule has 0 aliphatic rings. The highest BCUT2D eigenvalue weighted by molar-refractivity contribution is 6.76. The van der Waals surface area contributed by atoms with Crippen LogP contribution in [0.1, 0.15) is 11.3 Å². The van der Waals surface area contributed by atoms with Crippen molar-refractivity contribution in [2.75, 3.05) is 6.61 Å². The summed E-state index contributed by atoms with van der Waals surface area (Å²) in [5.41, 5.74) is 1.01. The molecule has 0 aliphatic carbocycles. The monoisotopic (exact) mass is 366 g/mol. The van der Waals surface area contributed by atoms with Gasteiger partial charge in [0.25, 0.3) is 0 Å². The molecule has 0 fully saturated rings. The maximum atomic E-state index is 13.1. The van der Waals surface area contributed by atoms with E-state index in [2.05, 4.69) is 24.6 Å². The molecule has 134 valence electrons. The molecule has 0 bridgehead atoms. The van der Waals surface area contributed by atoms with Crippen molar-refractivity contribution < 1.29 is 17.9 Å². The van der Waals surface area contributed by atoms with Crippen molar-refractivity contribution in [2.24, 2.45) is 0 Å². The van der Waals surface area contributed by atoms with E-state index in [1.807, 2.05) is 0 Å². The molecule has 0 N–H and O–H groups in total. The highest BCUT2D eigenvalue weighted by Crippen LogP contribution is 2.31. The van der Waals surface area contributed by atoms with Gasteiger partial charge >= 0.3 is 6.18 Å². The number of aromatic nitrogens is 2. The molecule has 8 heteroatoms. The number of imidazole rings is 1. The lowest BCUT2D eigenvalue weighted by molar-refractivity contribution is -0.141. The van der Waals surface area contributed by atoms with Crippen LogP contribution in [0.4, 0.5) is 13.2 Å². The van der Waals surface area contributed by atoms with E-state index in [0.717, 1.165) is 17.8 Å². The van der Waals surface area contributed by atoms with Crippen molar-refractivity contribution in [2.45, 2.75) is 45.5 Å². The molecule has 0 atom stereocenters. The van der Waals surface area contributed by atoms with Crippen LogP contribution in [-0.2, 0) is 17.6 Å². The summed E-state index contributed by atoms with van der Waals surface area (Å²) in [6.07, 6.45) is -3.50. The first-order valence-corrected chi connectivity index (χ1v) is 11.8. The van der Waals surface area contributed by atoms with E-state index in [0.29, 0.717) is 17.6 Å². The largest absolute Gasteiger partial charge is 0.434 e. The third-order valence-corrected chi connectivity index (χ3v) is 5.49. The predicted molar refractivity (Wildman–Crippen MR) is 96.9 cm³/mol. The molecule has 0 saturated heterocycles. The van der Waals surface area contributed by atoms with Crippen LogP contribution in [0.25, 0.3) is 11.4 Å². The number of aryl methyl sites for hydroxylation is 1. The Morgan fingerprint density at radius 3 is 2.48 bits per heavy atom. The standard InChI is InChI=1S/C17H22BF3N2OSi/c1-12-9-13(18)5-6-14(12)16-22-15(17(19,20)21)10-23(16)11-24-7-8-25(2,3)4/h5-6,9-10H,7-8,11H2,1-4H3. The third kappa shape index (κ3) is 5.47. The molecule has 25 heavy (non-hydrogen) atoms. The van der Waals surface area contributed by atoms with Crippen LogP contribution in [-0.4, -0.2) is 32.1 Å². The number of nitrogens with zero attached hydrogens (tertiary/aromatic N) is 2. The normalized spacial score (nSPS) is 12.6. The lowest BCUT2D eigenvalue weighted by Crippen LogP contribution is -2.22. The van der Waals surface area contributed by atoms with E-state index < -0.39 is 19.9 Å². The van der Waals surface area contributed by atoms with E-state index >= 15 is 0 Å². The lowest BCUT2D eigenvalue weighted by atomic mass is 9.92. The highest BCUT2D eigenvalue weighted by Gasteiger charge is 2.35. The summed E-state index contributed by atoms with van der Waals surface area (Å²) < 4.78 is 46.2. The lowest BCUT2D eigenvalue weighted by Gasteiger charge is -2.16. The van der Waals surface area contributed by atoms with Gasteiger partial charge in [-0.1, -0.05) is 43.3 Å². The van der Waals surface area contributed by atoms with Gasteiger partial charge in [-0.15, -0.1) is 0 Å². The zero-order valence-corrected chi connectivity index (χ0v) is 15.9. The molecule has 2 radical (unpaired) electrons. The number of benzene rings is 1. The van der Waals surface area contributed by atoms with Crippen molar-refractivity contribution in [3.8, 4) is 11.4 Å². The van der Waals surface area contributed by atoms with Gasteiger partial charge in [0.15, 0.2) is 5.69 Å². The number of ether oxygens (including phenoxy) is 1. The maximum Gasteiger partial charge on any atom is 0.434 e. The van der Waals surface area contributed by atoms with Crippen molar-refractivity contribution in [1.82, 2.24) is 9.55 Å². The Hall–Kier alpha value is -1.54. The summed E-state index contributed by atoms with van der Waals surface area (Å²) in [5.74, 6) is 0.234. The minimum Gasteiger partial charge on any atom is -0.361 e. The Morgan fingerprint density at radius 1 is 1.24 bits per heavy atom. The molecular weight excluding hydrogens is 344 g/mol. The topological polar surface area (TPSA) is 27.1 Å². The van der Waals surface area contributed by atoms with Gasteiger partial charge in [-0.2, -0.15) is 13.2 Å². The van der Waals surface area contributed by atoms with Gasteiger partial charge in [-0.3, -0.25) is 0 Å². The van der Waals surface area contributed by atoms with Crippen molar-refractivity contribution in [1.29, 1.82) is 0 Å². The zero-order chi connectivity index (χ0) is 18.8. The molecule has 3 nitrogen and oxygen atoms in total. The van der Waals surface area contributed by atoms with E-state index in [-0.39, 0.29) is 12.6 Å². The number of alkyl halides is 3. The van der Waals surface area contributed by atoms with E-state index in [1.165, 1.54) is 4.57 Å². The minimum absolute atomic E-state index is 0.0344. The first kappa shape index (κ1) is 19.8. The van der Waals surface area contributed by atoms with E-state index in [9.17, 15) is 13.2 Å². The van der Waals surface area contributed by atoms with Gasteiger partial charge in [0.2, 0.25) is 0 Å². The summed E-state index contributed by atoms with van der Waals surface area (Å²) in [6, 6.07) is 6.00. The van der Waals surface area contributed by atoms with Crippen molar-refractivity contribution in [3.05, 3.63) is 35.7 Å². The first-order chi connectivity index (χ1) is 11.5. The van der Waals surface area contributed by atoms with Gasteiger partial charge < -0.3 is 9.30 Å². The number of halogens is 3. The summed E-state index contributed by atoms with van der Waals surface area (Å²) >= 11 is 0. The van der Waals surface area contributed by atoms with Crippen molar-refractivity contribution in [3.63, 3.8) is 0 Å². The highest BCUT2D eigenvalue weighted by atomic mass is 28.3. The maximum absolute atomic E-state index is 13.1. The second-order valence-corrected chi connectivity index (χ2v) is 13.0. The fourth-order valence-electron chi connectivity index (χ4n) is 2.34. The fourth-order valence-corrected chi connectivity index (χ4v) is 3.10. The second-order valence-electron chi connectivity index (χ2n) is 7.34. The van der Waals surface area contributed by atoms with Crippen LogP contribution in [0.5, 0.6) is 0 Å². The molecule has 2 aromatic rings. The fraction of sp³-hybridized carbons (Fsp3) is 0.471. The van der Waals surface area contributed by atoms with Crippen LogP contribution in [0.3, 0.4) is 0 Å². The zero-order valence-electron chi connectivity index (χ0n) is 14.9.